The van der Waals surface area contributed by atoms with E-state index in [1.807, 2.05) is 6.92 Å². The predicted octanol–water partition coefficient (Wildman–Crippen LogP) is -0.0497. The Balaban J connectivity index is 1.85. The second kappa shape index (κ2) is 4.41. The second-order valence-corrected chi connectivity index (χ2v) is 4.70. The van der Waals surface area contributed by atoms with Gasteiger partial charge in [0, 0.05) is 25.6 Å². The van der Waals surface area contributed by atoms with Gasteiger partial charge in [-0.1, -0.05) is 0 Å². The van der Waals surface area contributed by atoms with Gasteiger partial charge >= 0.3 is 0 Å². The third-order valence-corrected chi connectivity index (χ3v) is 3.30. The number of amides is 2. The largest absolute Gasteiger partial charge is 0.365 e. The van der Waals surface area contributed by atoms with E-state index in [-0.39, 0.29) is 17.9 Å². The molecule has 5 heteroatoms. The third kappa shape index (κ3) is 2.35. The average Bonchev–Trinajstić information content (AvgIpc) is 2.70. The first-order valence-electron chi connectivity index (χ1n) is 5.82. The van der Waals surface area contributed by atoms with Crippen LogP contribution in [-0.2, 0) is 14.3 Å². The first-order chi connectivity index (χ1) is 7.60. The van der Waals surface area contributed by atoms with E-state index in [0.29, 0.717) is 26.0 Å². The van der Waals surface area contributed by atoms with Crippen molar-refractivity contribution in [2.24, 2.45) is 0 Å². The Morgan fingerprint density at radius 3 is 3.00 bits per heavy atom. The number of nitrogens with one attached hydrogen (secondary N) is 2. The van der Waals surface area contributed by atoms with Gasteiger partial charge in [0.05, 0.1) is 0 Å². The first kappa shape index (κ1) is 11.4. The van der Waals surface area contributed by atoms with Crippen LogP contribution in [0, 0.1) is 0 Å². The summed E-state index contributed by atoms with van der Waals surface area (Å²) >= 11 is 0. The number of ether oxygens (including phenoxy) is 1. The number of carbonyl (C=O) groups is 2. The van der Waals surface area contributed by atoms with Gasteiger partial charge < -0.3 is 15.4 Å². The molecule has 2 rings (SSSR count). The number of rotatable bonds is 2. The van der Waals surface area contributed by atoms with Gasteiger partial charge in [-0.05, 0) is 26.2 Å². The monoisotopic (exact) mass is 226 g/mol. The summed E-state index contributed by atoms with van der Waals surface area (Å²) in [6.45, 7) is 3.02. The maximum absolute atomic E-state index is 12.0. The second-order valence-electron chi connectivity index (χ2n) is 4.70. The first-order valence-corrected chi connectivity index (χ1v) is 5.82. The Labute approximate surface area is 94.9 Å². The highest BCUT2D eigenvalue weighted by Gasteiger charge is 2.38. The summed E-state index contributed by atoms with van der Waals surface area (Å²) in [7, 11) is 0. The standard InChI is InChI=1S/C11H18N2O3/c1-11(5-2-6-16-11)10(15)13-8-3-4-9(14)12-7-8/h8H,2-7H2,1H3,(H,12,14)(H,13,15). The zero-order valence-corrected chi connectivity index (χ0v) is 9.54. The molecule has 2 N–H and O–H groups in total. The van der Waals surface area contributed by atoms with E-state index in [9.17, 15) is 9.59 Å². The van der Waals surface area contributed by atoms with E-state index in [1.165, 1.54) is 0 Å². The smallest absolute Gasteiger partial charge is 0.252 e. The van der Waals surface area contributed by atoms with Crippen LogP contribution in [0.25, 0.3) is 0 Å². The predicted molar refractivity (Wildman–Crippen MR) is 57.8 cm³/mol. The van der Waals surface area contributed by atoms with Crippen LogP contribution in [0.2, 0.25) is 0 Å². The minimum Gasteiger partial charge on any atom is -0.365 e. The molecule has 2 heterocycles. The molecule has 2 aliphatic heterocycles. The maximum Gasteiger partial charge on any atom is 0.252 e. The number of hydrogen-bond donors (Lipinski definition) is 2. The molecule has 0 aliphatic carbocycles. The van der Waals surface area contributed by atoms with E-state index < -0.39 is 5.60 Å². The number of carbonyl (C=O) groups excluding carboxylic acids is 2. The van der Waals surface area contributed by atoms with Crippen LogP contribution in [0.5, 0.6) is 0 Å². The van der Waals surface area contributed by atoms with Gasteiger partial charge in [-0.2, -0.15) is 0 Å². The van der Waals surface area contributed by atoms with Gasteiger partial charge in [-0.25, -0.2) is 0 Å². The Morgan fingerprint density at radius 2 is 2.44 bits per heavy atom. The Kier molecular flexibility index (Phi) is 3.14. The molecule has 0 bridgehead atoms. The molecule has 0 aromatic heterocycles. The summed E-state index contributed by atoms with van der Waals surface area (Å²) in [5.41, 5.74) is -0.665. The van der Waals surface area contributed by atoms with Crippen molar-refractivity contribution < 1.29 is 14.3 Å². The summed E-state index contributed by atoms with van der Waals surface area (Å²) in [5.74, 6) is 0.0139. The van der Waals surface area contributed by atoms with Crippen molar-refractivity contribution in [1.29, 1.82) is 0 Å². The minimum absolute atomic E-state index is 0.0474. The van der Waals surface area contributed by atoms with E-state index >= 15 is 0 Å². The zero-order valence-electron chi connectivity index (χ0n) is 9.54. The van der Waals surface area contributed by atoms with Crippen molar-refractivity contribution in [2.75, 3.05) is 13.2 Å². The Morgan fingerprint density at radius 1 is 1.62 bits per heavy atom. The lowest BCUT2D eigenvalue weighted by Crippen LogP contribution is -2.53. The summed E-state index contributed by atoms with van der Waals surface area (Å²) in [4.78, 5) is 22.9. The molecule has 2 aliphatic rings. The lowest BCUT2D eigenvalue weighted by Gasteiger charge is -2.28. The SMILES string of the molecule is CC1(C(=O)NC2CCC(=O)NC2)CCCO1. The molecule has 0 aromatic rings. The van der Waals surface area contributed by atoms with Crippen LogP contribution in [0.3, 0.4) is 0 Å². The molecular weight excluding hydrogens is 208 g/mol. The van der Waals surface area contributed by atoms with Crippen molar-refractivity contribution >= 4 is 11.8 Å². The van der Waals surface area contributed by atoms with Crippen LogP contribution in [0.4, 0.5) is 0 Å². The highest BCUT2D eigenvalue weighted by Crippen LogP contribution is 2.25. The van der Waals surface area contributed by atoms with Gasteiger partial charge in [0.15, 0.2) is 0 Å². The molecule has 5 nitrogen and oxygen atoms in total. The van der Waals surface area contributed by atoms with E-state index in [2.05, 4.69) is 10.6 Å². The molecular formula is C11H18N2O3. The minimum atomic E-state index is -0.665. The Hall–Kier alpha value is -1.10. The quantitative estimate of drug-likeness (QED) is 0.693. The Bertz CT molecular complexity index is 288. The van der Waals surface area contributed by atoms with Crippen LogP contribution < -0.4 is 10.6 Å². The van der Waals surface area contributed by atoms with Crippen molar-refractivity contribution in [1.82, 2.24) is 10.6 Å². The molecule has 0 spiro atoms. The lowest BCUT2D eigenvalue weighted by atomic mass is 10.00. The molecule has 2 saturated heterocycles. The number of piperidine rings is 1. The summed E-state index contributed by atoms with van der Waals surface area (Å²) in [6, 6.07) is 0.0474. The molecule has 2 unspecified atom stereocenters. The van der Waals surface area contributed by atoms with Crippen molar-refractivity contribution in [3.05, 3.63) is 0 Å². The summed E-state index contributed by atoms with van der Waals surface area (Å²) in [6.07, 6.45) is 2.92. The van der Waals surface area contributed by atoms with Crippen molar-refractivity contribution in [3.8, 4) is 0 Å². The molecule has 90 valence electrons. The molecule has 2 amide bonds. The van der Waals surface area contributed by atoms with Gasteiger partial charge in [-0.3, -0.25) is 9.59 Å². The molecule has 0 saturated carbocycles. The van der Waals surface area contributed by atoms with E-state index in [1.54, 1.807) is 0 Å². The van der Waals surface area contributed by atoms with Crippen LogP contribution in [0.15, 0.2) is 0 Å². The highest BCUT2D eigenvalue weighted by atomic mass is 16.5. The summed E-state index contributed by atoms with van der Waals surface area (Å²) in [5, 5.41) is 5.69. The molecule has 2 fully saturated rings. The lowest BCUT2D eigenvalue weighted by molar-refractivity contribution is -0.141. The van der Waals surface area contributed by atoms with Crippen LogP contribution >= 0.6 is 0 Å². The third-order valence-electron chi connectivity index (χ3n) is 3.30. The van der Waals surface area contributed by atoms with E-state index in [4.69, 9.17) is 4.74 Å². The zero-order chi connectivity index (χ0) is 11.6. The van der Waals surface area contributed by atoms with Crippen molar-refractivity contribution in [3.63, 3.8) is 0 Å². The van der Waals surface area contributed by atoms with Crippen LogP contribution in [0.1, 0.15) is 32.6 Å². The fourth-order valence-electron chi connectivity index (χ4n) is 2.15. The molecule has 16 heavy (non-hydrogen) atoms. The maximum atomic E-state index is 12.0. The average molecular weight is 226 g/mol. The van der Waals surface area contributed by atoms with Gasteiger partial charge in [-0.15, -0.1) is 0 Å². The van der Waals surface area contributed by atoms with Gasteiger partial charge in [0.25, 0.3) is 5.91 Å². The molecule has 2 atom stereocenters. The van der Waals surface area contributed by atoms with Crippen molar-refractivity contribution in [2.45, 2.75) is 44.2 Å². The normalized spacial score (nSPS) is 34.6. The topological polar surface area (TPSA) is 67.4 Å². The highest BCUT2D eigenvalue weighted by molar-refractivity contribution is 5.85. The fourth-order valence-corrected chi connectivity index (χ4v) is 2.15. The van der Waals surface area contributed by atoms with Gasteiger partial charge in [0.1, 0.15) is 5.60 Å². The van der Waals surface area contributed by atoms with Crippen LogP contribution in [-0.4, -0.2) is 36.6 Å². The number of hydrogen-bond acceptors (Lipinski definition) is 3. The summed E-state index contributed by atoms with van der Waals surface area (Å²) < 4.78 is 5.47. The van der Waals surface area contributed by atoms with Gasteiger partial charge in [0.2, 0.25) is 5.91 Å². The fraction of sp³-hybridized carbons (Fsp3) is 0.818. The molecule has 0 radical (unpaired) electrons. The molecule has 0 aromatic carbocycles. The van der Waals surface area contributed by atoms with E-state index in [0.717, 1.165) is 12.8 Å².